The third kappa shape index (κ3) is 1.83. The molecule has 62 valence electrons. The maximum atomic E-state index is 12.5. The number of terminal acetylenes is 1. The van der Waals surface area contributed by atoms with Crippen LogP contribution in [0.15, 0.2) is 6.20 Å². The molecule has 12 heavy (non-hydrogen) atoms. The second-order valence-corrected chi connectivity index (χ2v) is 1.88. The lowest BCUT2D eigenvalue weighted by atomic mass is 10.6. The summed E-state index contributed by atoms with van der Waals surface area (Å²) < 4.78 is 17.3. The maximum absolute atomic E-state index is 12.5. The number of nitrogens with zero attached hydrogens (tertiary/aromatic N) is 2. The molecule has 0 unspecified atom stereocenters. The van der Waals surface area contributed by atoms with Crippen molar-refractivity contribution in [2.45, 2.75) is 0 Å². The van der Waals surface area contributed by atoms with Crippen molar-refractivity contribution in [3.63, 3.8) is 0 Å². The first kappa shape index (κ1) is 8.27. The lowest BCUT2D eigenvalue weighted by Crippen LogP contribution is -2.02. The Morgan fingerprint density at radius 2 is 2.50 bits per heavy atom. The maximum Gasteiger partial charge on any atom is 0.319 e. The molecule has 0 bridgehead atoms. The molecule has 4 nitrogen and oxygen atoms in total. The number of anilines is 1. The Morgan fingerprint density at radius 1 is 1.75 bits per heavy atom. The first-order valence-electron chi connectivity index (χ1n) is 3.08. The highest BCUT2D eigenvalue weighted by Gasteiger charge is 2.02. The van der Waals surface area contributed by atoms with Gasteiger partial charge in [0.15, 0.2) is 18.2 Å². The molecule has 0 radical (unpaired) electrons. The van der Waals surface area contributed by atoms with Gasteiger partial charge in [-0.15, -0.1) is 6.42 Å². The zero-order chi connectivity index (χ0) is 8.97. The molecule has 2 N–H and O–H groups in total. The second kappa shape index (κ2) is 3.53. The second-order valence-electron chi connectivity index (χ2n) is 1.88. The SMILES string of the molecule is C#CCOc1ncc(F)c(N)n1. The summed E-state index contributed by atoms with van der Waals surface area (Å²) in [5.41, 5.74) is 5.13. The number of nitrogen functional groups attached to an aromatic ring is 1. The van der Waals surface area contributed by atoms with E-state index < -0.39 is 5.82 Å². The topological polar surface area (TPSA) is 61.0 Å². The Labute approximate surface area is 68.6 Å². The van der Waals surface area contributed by atoms with Gasteiger partial charge >= 0.3 is 6.01 Å². The van der Waals surface area contributed by atoms with E-state index in [0.29, 0.717) is 0 Å². The highest BCUT2D eigenvalue weighted by Crippen LogP contribution is 2.08. The van der Waals surface area contributed by atoms with E-state index in [9.17, 15) is 4.39 Å². The molecule has 0 amide bonds. The Hall–Kier alpha value is -1.83. The quantitative estimate of drug-likeness (QED) is 0.639. The number of rotatable bonds is 2. The van der Waals surface area contributed by atoms with E-state index >= 15 is 0 Å². The molecule has 0 aliphatic carbocycles. The van der Waals surface area contributed by atoms with Gasteiger partial charge in [-0.05, 0) is 0 Å². The first-order valence-corrected chi connectivity index (χ1v) is 3.08. The molecule has 5 heteroatoms. The molecule has 1 heterocycles. The molecule has 0 atom stereocenters. The molecule has 0 spiro atoms. The van der Waals surface area contributed by atoms with E-state index in [1.54, 1.807) is 0 Å². The van der Waals surface area contributed by atoms with Crippen LogP contribution in [0, 0.1) is 18.2 Å². The molecule has 0 aliphatic heterocycles. The van der Waals surface area contributed by atoms with Crippen molar-refractivity contribution < 1.29 is 9.13 Å². The Morgan fingerprint density at radius 3 is 3.08 bits per heavy atom. The third-order valence-corrected chi connectivity index (χ3v) is 1.03. The smallest absolute Gasteiger partial charge is 0.319 e. The van der Waals surface area contributed by atoms with Crippen LogP contribution in [0.4, 0.5) is 10.2 Å². The Kier molecular flexibility index (Phi) is 2.43. The molecule has 0 saturated heterocycles. The molecule has 0 fully saturated rings. The van der Waals surface area contributed by atoms with Gasteiger partial charge in [0.1, 0.15) is 0 Å². The predicted molar refractivity (Wildman–Crippen MR) is 40.7 cm³/mol. The van der Waals surface area contributed by atoms with Crippen LogP contribution in [0.25, 0.3) is 0 Å². The monoisotopic (exact) mass is 167 g/mol. The van der Waals surface area contributed by atoms with Gasteiger partial charge in [0.2, 0.25) is 0 Å². The van der Waals surface area contributed by atoms with E-state index in [2.05, 4.69) is 15.9 Å². The van der Waals surface area contributed by atoms with Crippen LogP contribution in [0.5, 0.6) is 6.01 Å². The van der Waals surface area contributed by atoms with Gasteiger partial charge in [-0.2, -0.15) is 4.98 Å². The average molecular weight is 167 g/mol. The standard InChI is InChI=1S/C7H6FN3O/c1-2-3-12-7-10-4-5(8)6(9)11-7/h1,4H,3H2,(H2,9,10,11). The molecular weight excluding hydrogens is 161 g/mol. The molecule has 1 aromatic heterocycles. The zero-order valence-electron chi connectivity index (χ0n) is 6.12. The van der Waals surface area contributed by atoms with Crippen LogP contribution < -0.4 is 10.5 Å². The minimum absolute atomic E-state index is 0.0214. The minimum Gasteiger partial charge on any atom is -0.450 e. The lowest BCUT2D eigenvalue weighted by molar-refractivity contribution is 0.338. The van der Waals surface area contributed by atoms with E-state index in [4.69, 9.17) is 16.9 Å². The van der Waals surface area contributed by atoms with Crippen LogP contribution in [0.2, 0.25) is 0 Å². The van der Waals surface area contributed by atoms with Gasteiger partial charge in [0.25, 0.3) is 0 Å². The van der Waals surface area contributed by atoms with Crippen LogP contribution in [0.3, 0.4) is 0 Å². The van der Waals surface area contributed by atoms with E-state index in [-0.39, 0.29) is 18.4 Å². The van der Waals surface area contributed by atoms with Crippen molar-refractivity contribution in [3.8, 4) is 18.4 Å². The fraction of sp³-hybridized carbons (Fsp3) is 0.143. The number of hydrogen-bond donors (Lipinski definition) is 1. The molecule has 0 aromatic carbocycles. The van der Waals surface area contributed by atoms with Crippen molar-refractivity contribution >= 4 is 5.82 Å². The van der Waals surface area contributed by atoms with Gasteiger partial charge in [0.05, 0.1) is 6.20 Å². The molecule has 0 saturated carbocycles. The number of hydrogen-bond acceptors (Lipinski definition) is 4. The van der Waals surface area contributed by atoms with Crippen LogP contribution in [-0.4, -0.2) is 16.6 Å². The highest BCUT2D eigenvalue weighted by atomic mass is 19.1. The zero-order valence-corrected chi connectivity index (χ0v) is 6.12. The summed E-state index contributed by atoms with van der Waals surface area (Å²) in [6, 6.07) is -0.0214. The summed E-state index contributed by atoms with van der Waals surface area (Å²) >= 11 is 0. The molecule has 0 aliphatic rings. The van der Waals surface area contributed by atoms with Crippen molar-refractivity contribution in [3.05, 3.63) is 12.0 Å². The fourth-order valence-electron chi connectivity index (χ4n) is 0.539. The summed E-state index contributed by atoms with van der Waals surface area (Å²) in [6.07, 6.45) is 5.83. The van der Waals surface area contributed by atoms with Gasteiger partial charge in [-0.3, -0.25) is 0 Å². The Balaban J connectivity index is 2.77. The summed E-state index contributed by atoms with van der Waals surface area (Å²) in [5, 5.41) is 0. The number of aromatic nitrogens is 2. The number of ether oxygens (including phenoxy) is 1. The number of halogens is 1. The van der Waals surface area contributed by atoms with Crippen LogP contribution >= 0.6 is 0 Å². The first-order chi connectivity index (χ1) is 5.74. The van der Waals surface area contributed by atoms with E-state index in [1.165, 1.54) is 0 Å². The van der Waals surface area contributed by atoms with Crippen LogP contribution in [0.1, 0.15) is 0 Å². The van der Waals surface area contributed by atoms with Crippen molar-refractivity contribution in [2.75, 3.05) is 12.3 Å². The summed E-state index contributed by atoms with van der Waals surface area (Å²) in [6.45, 7) is 0.0328. The average Bonchev–Trinajstić information content (AvgIpc) is 2.07. The number of nitrogens with two attached hydrogens (primary N) is 1. The molecule has 1 rings (SSSR count). The van der Waals surface area contributed by atoms with Crippen LogP contribution in [-0.2, 0) is 0 Å². The molecular formula is C7H6FN3O. The van der Waals surface area contributed by atoms with Gasteiger partial charge in [-0.1, -0.05) is 5.92 Å². The largest absolute Gasteiger partial charge is 0.450 e. The predicted octanol–water partition coefficient (Wildman–Crippen LogP) is 0.210. The summed E-state index contributed by atoms with van der Waals surface area (Å²) in [7, 11) is 0. The van der Waals surface area contributed by atoms with E-state index in [0.717, 1.165) is 6.20 Å². The van der Waals surface area contributed by atoms with Crippen molar-refractivity contribution in [1.29, 1.82) is 0 Å². The van der Waals surface area contributed by atoms with Crippen molar-refractivity contribution in [2.24, 2.45) is 0 Å². The van der Waals surface area contributed by atoms with Crippen molar-refractivity contribution in [1.82, 2.24) is 9.97 Å². The van der Waals surface area contributed by atoms with Gasteiger partial charge < -0.3 is 10.5 Å². The molecule has 1 aromatic rings. The third-order valence-electron chi connectivity index (χ3n) is 1.03. The van der Waals surface area contributed by atoms with E-state index in [1.807, 2.05) is 0 Å². The summed E-state index contributed by atoms with van der Waals surface area (Å²) in [5.74, 6) is 1.28. The lowest BCUT2D eigenvalue weighted by Gasteiger charge is -1.99. The summed E-state index contributed by atoms with van der Waals surface area (Å²) in [4.78, 5) is 6.98. The van der Waals surface area contributed by atoms with Gasteiger partial charge in [0, 0.05) is 0 Å². The minimum atomic E-state index is -0.678. The highest BCUT2D eigenvalue weighted by molar-refractivity contribution is 5.29. The fourth-order valence-corrected chi connectivity index (χ4v) is 0.539. The normalized spacial score (nSPS) is 9.00. The van der Waals surface area contributed by atoms with Gasteiger partial charge in [-0.25, -0.2) is 9.37 Å². The Bertz CT molecular complexity index is 321.